The Hall–Kier alpha value is -1.80. The van der Waals surface area contributed by atoms with Crippen molar-refractivity contribution >= 4 is 13.7 Å². The minimum atomic E-state index is -4.35. The summed E-state index contributed by atoms with van der Waals surface area (Å²) in [4.78, 5) is 23.0. The Morgan fingerprint density at radius 3 is 1.54 bits per heavy atom. The zero-order valence-electron chi connectivity index (χ0n) is 35.4. The molecule has 1 amide bonds. The molecule has 0 aliphatic heterocycles. The summed E-state index contributed by atoms with van der Waals surface area (Å²) in [5.41, 5.74) is 0. The van der Waals surface area contributed by atoms with E-state index in [9.17, 15) is 19.4 Å². The number of quaternary nitrogens is 1. The Balaban J connectivity index is 4.51. The van der Waals surface area contributed by atoms with Crippen molar-refractivity contribution in [2.75, 3.05) is 40.9 Å². The number of rotatable bonds is 38. The largest absolute Gasteiger partial charge is 0.472 e. The first-order chi connectivity index (χ1) is 26.0. The van der Waals surface area contributed by atoms with Crippen LogP contribution >= 0.6 is 7.82 Å². The predicted octanol–water partition coefficient (Wildman–Crippen LogP) is 11.9. The molecule has 8 nitrogen and oxygen atoms in total. The lowest BCUT2D eigenvalue weighted by molar-refractivity contribution is -0.870. The number of hydrogen-bond donors (Lipinski definition) is 3. The highest BCUT2D eigenvalue weighted by molar-refractivity contribution is 7.47. The number of allylic oxidation sites excluding steroid dienone is 9. The summed E-state index contributed by atoms with van der Waals surface area (Å²) >= 11 is 0. The highest BCUT2D eigenvalue weighted by atomic mass is 31.2. The molecule has 0 aliphatic carbocycles. The molecule has 0 saturated carbocycles. The monoisotopic (exact) mass is 780 g/mol. The van der Waals surface area contributed by atoms with E-state index in [1.54, 1.807) is 6.08 Å². The third-order valence-electron chi connectivity index (χ3n) is 9.23. The molecule has 0 spiro atoms. The number of carbonyl (C=O) groups is 1. The SMILES string of the molecule is CCCCCCCCC/C=C/C/C=C/C/C=C/C/C=C/CCCC(=O)N[C@@H](COP(=O)(O)OCC[N+](C)(C)C)[C@H](O)/C=C/CCCCCCCCCCC. The number of nitrogens with zero attached hydrogens (tertiary/aromatic N) is 1. The van der Waals surface area contributed by atoms with Crippen LogP contribution in [0.15, 0.2) is 60.8 Å². The molecule has 0 aromatic heterocycles. The molecule has 314 valence electrons. The van der Waals surface area contributed by atoms with E-state index >= 15 is 0 Å². The fourth-order valence-electron chi connectivity index (χ4n) is 5.74. The van der Waals surface area contributed by atoms with Crippen molar-refractivity contribution in [2.45, 2.75) is 180 Å². The maximum atomic E-state index is 12.8. The van der Waals surface area contributed by atoms with Crippen LogP contribution in [0, 0.1) is 0 Å². The van der Waals surface area contributed by atoms with Crippen LogP contribution in [0.3, 0.4) is 0 Å². The first-order valence-electron chi connectivity index (χ1n) is 21.7. The number of likely N-dealkylation sites (N-methyl/N-ethyl adjacent to an activating group) is 1. The smallest absolute Gasteiger partial charge is 0.387 e. The van der Waals surface area contributed by atoms with Crippen LogP contribution in [-0.4, -0.2) is 73.4 Å². The van der Waals surface area contributed by atoms with Crippen LogP contribution in [0.5, 0.6) is 0 Å². The minimum absolute atomic E-state index is 0.0488. The van der Waals surface area contributed by atoms with E-state index in [4.69, 9.17) is 9.05 Å². The molecular formula is C45H84N2O6P+. The number of aliphatic hydroxyl groups excluding tert-OH is 1. The molecule has 3 N–H and O–H groups in total. The van der Waals surface area contributed by atoms with E-state index in [2.05, 4.69) is 67.8 Å². The van der Waals surface area contributed by atoms with Crippen molar-refractivity contribution in [2.24, 2.45) is 0 Å². The van der Waals surface area contributed by atoms with Crippen molar-refractivity contribution in [1.82, 2.24) is 5.32 Å². The molecule has 0 rings (SSSR count). The average molecular weight is 780 g/mol. The number of phosphoric acid groups is 1. The first kappa shape index (κ1) is 52.2. The van der Waals surface area contributed by atoms with Gasteiger partial charge in [0.05, 0.1) is 39.9 Å². The topological polar surface area (TPSA) is 105 Å². The lowest BCUT2D eigenvalue weighted by Gasteiger charge is -2.25. The standard InChI is InChI=1S/C45H83N2O6P/c1-6-8-10-12-14-16-18-19-20-21-22-23-24-25-26-27-29-31-33-35-37-39-45(49)46-43(42-53-54(50,51)52-41-40-47(3,4)5)44(48)38-36-34-32-30-28-17-15-13-11-9-7-2/h20-21,23-24,26-27,31,33,36,38,43-44,48H,6-19,22,25,28-30,32,34-35,37,39-42H2,1-5H3,(H-,46,49,50,51)/p+1/b21-20+,24-23+,27-26+,33-31+,38-36+/t43-,44+/m0/s1. The third-order valence-corrected chi connectivity index (χ3v) is 10.2. The van der Waals surface area contributed by atoms with Gasteiger partial charge < -0.3 is 19.8 Å². The first-order valence-corrected chi connectivity index (χ1v) is 23.2. The third kappa shape index (κ3) is 38.5. The van der Waals surface area contributed by atoms with Crippen LogP contribution in [0.1, 0.15) is 168 Å². The summed E-state index contributed by atoms with van der Waals surface area (Å²) < 4.78 is 23.5. The zero-order valence-corrected chi connectivity index (χ0v) is 36.3. The Morgan fingerprint density at radius 2 is 1.06 bits per heavy atom. The van der Waals surface area contributed by atoms with Crippen LogP contribution < -0.4 is 5.32 Å². The fourth-order valence-corrected chi connectivity index (χ4v) is 6.47. The molecular weight excluding hydrogens is 695 g/mol. The van der Waals surface area contributed by atoms with E-state index in [1.807, 2.05) is 27.2 Å². The number of unbranched alkanes of at least 4 members (excludes halogenated alkanes) is 17. The van der Waals surface area contributed by atoms with E-state index in [-0.39, 0.29) is 25.5 Å². The summed E-state index contributed by atoms with van der Waals surface area (Å²) in [6.07, 6.45) is 47.3. The molecule has 0 fully saturated rings. The Kier molecular flexibility index (Phi) is 35.6. The van der Waals surface area contributed by atoms with Gasteiger partial charge in [-0.3, -0.25) is 13.8 Å². The highest BCUT2D eigenvalue weighted by Gasteiger charge is 2.27. The maximum absolute atomic E-state index is 12.8. The molecule has 3 atom stereocenters. The maximum Gasteiger partial charge on any atom is 0.472 e. The molecule has 0 aromatic rings. The van der Waals surface area contributed by atoms with Gasteiger partial charge in [-0.2, -0.15) is 0 Å². The lowest BCUT2D eigenvalue weighted by Crippen LogP contribution is -2.45. The Bertz CT molecular complexity index is 1060. The normalized spacial score (nSPS) is 15.0. The molecule has 0 aromatic carbocycles. The number of phosphoric ester groups is 1. The van der Waals surface area contributed by atoms with Crippen LogP contribution in [0.4, 0.5) is 0 Å². The molecule has 0 radical (unpaired) electrons. The number of carbonyl (C=O) groups excluding carboxylic acids is 1. The predicted molar refractivity (Wildman–Crippen MR) is 230 cm³/mol. The van der Waals surface area contributed by atoms with E-state index in [1.165, 1.54) is 96.3 Å². The molecule has 0 aliphatic rings. The number of hydrogen-bond acceptors (Lipinski definition) is 5. The number of nitrogens with one attached hydrogen (secondary N) is 1. The van der Waals surface area contributed by atoms with E-state index < -0.39 is 20.0 Å². The summed E-state index contributed by atoms with van der Waals surface area (Å²) in [6.45, 7) is 4.73. The molecule has 1 unspecified atom stereocenters. The molecule has 54 heavy (non-hydrogen) atoms. The van der Waals surface area contributed by atoms with Gasteiger partial charge in [0.15, 0.2) is 0 Å². The zero-order chi connectivity index (χ0) is 40.0. The average Bonchev–Trinajstić information content (AvgIpc) is 3.12. The van der Waals surface area contributed by atoms with E-state index in [0.717, 1.165) is 44.9 Å². The van der Waals surface area contributed by atoms with Gasteiger partial charge in [-0.1, -0.05) is 164 Å². The lowest BCUT2D eigenvalue weighted by atomic mass is 10.1. The number of aliphatic hydroxyl groups is 1. The van der Waals surface area contributed by atoms with E-state index in [0.29, 0.717) is 17.4 Å². The summed E-state index contributed by atoms with van der Waals surface area (Å²) in [5.74, 6) is -0.235. The minimum Gasteiger partial charge on any atom is -0.387 e. The summed E-state index contributed by atoms with van der Waals surface area (Å²) in [6, 6.07) is -0.875. The fraction of sp³-hybridized carbons (Fsp3) is 0.756. The Labute approximate surface area is 332 Å². The van der Waals surface area contributed by atoms with Gasteiger partial charge in [0.1, 0.15) is 13.2 Å². The Morgan fingerprint density at radius 1 is 0.630 bits per heavy atom. The molecule has 0 heterocycles. The number of amides is 1. The van der Waals surface area contributed by atoms with Crippen molar-refractivity contribution < 1.29 is 32.9 Å². The van der Waals surface area contributed by atoms with Gasteiger partial charge in [0, 0.05) is 6.42 Å². The van der Waals surface area contributed by atoms with Gasteiger partial charge in [-0.05, 0) is 57.8 Å². The van der Waals surface area contributed by atoms with Gasteiger partial charge in [-0.25, -0.2) is 4.57 Å². The summed E-state index contributed by atoms with van der Waals surface area (Å²) in [7, 11) is 1.53. The van der Waals surface area contributed by atoms with Crippen LogP contribution in [0.25, 0.3) is 0 Å². The van der Waals surface area contributed by atoms with Crippen molar-refractivity contribution in [1.29, 1.82) is 0 Å². The van der Waals surface area contributed by atoms with Crippen molar-refractivity contribution in [3.05, 3.63) is 60.8 Å². The van der Waals surface area contributed by atoms with Gasteiger partial charge in [0.2, 0.25) is 5.91 Å². The molecule has 0 bridgehead atoms. The van der Waals surface area contributed by atoms with Gasteiger partial charge in [0.25, 0.3) is 0 Å². The van der Waals surface area contributed by atoms with Crippen molar-refractivity contribution in [3.63, 3.8) is 0 Å². The quantitative estimate of drug-likeness (QED) is 0.0249. The van der Waals surface area contributed by atoms with Crippen molar-refractivity contribution in [3.8, 4) is 0 Å². The second kappa shape index (κ2) is 36.8. The van der Waals surface area contributed by atoms with Gasteiger partial charge in [-0.15, -0.1) is 0 Å². The van der Waals surface area contributed by atoms with Gasteiger partial charge >= 0.3 is 7.82 Å². The van der Waals surface area contributed by atoms with Crippen LogP contribution in [-0.2, 0) is 18.4 Å². The second-order valence-corrected chi connectivity index (χ2v) is 17.2. The summed E-state index contributed by atoms with van der Waals surface area (Å²) in [5, 5.41) is 13.7. The highest BCUT2D eigenvalue weighted by Crippen LogP contribution is 2.43. The molecule has 0 saturated heterocycles. The van der Waals surface area contributed by atoms with Crippen LogP contribution in [0.2, 0.25) is 0 Å². The molecule has 9 heteroatoms. The second-order valence-electron chi connectivity index (χ2n) is 15.7.